The number of ether oxygens (including phenoxy) is 2. The Bertz CT molecular complexity index is 573. The zero-order valence-electron chi connectivity index (χ0n) is 13.5. The second-order valence-corrected chi connectivity index (χ2v) is 5.38. The predicted molar refractivity (Wildman–Crippen MR) is 82.6 cm³/mol. The molecule has 1 aliphatic heterocycles. The molecule has 1 heterocycles. The number of hydrogen-bond acceptors (Lipinski definition) is 4. The lowest BCUT2D eigenvalue weighted by Crippen LogP contribution is -2.51. The molecule has 1 aromatic carbocycles. The summed E-state index contributed by atoms with van der Waals surface area (Å²) >= 11 is 0. The monoisotopic (exact) mass is 347 g/mol. The van der Waals surface area contributed by atoms with E-state index in [1.165, 1.54) is 24.0 Å². The number of methoxy groups -OCH3 is 2. The van der Waals surface area contributed by atoms with Crippen molar-refractivity contribution in [2.75, 3.05) is 52.3 Å². The van der Waals surface area contributed by atoms with E-state index in [4.69, 9.17) is 9.47 Å². The molecule has 1 N–H and O–H groups in total. The van der Waals surface area contributed by atoms with E-state index < -0.39 is 12.7 Å². The molecule has 9 heteroatoms. The molecule has 2 rings (SSSR count). The molecule has 0 radical (unpaired) electrons. The van der Waals surface area contributed by atoms with Gasteiger partial charge in [-0.05, 0) is 12.1 Å². The topological polar surface area (TPSA) is 54.0 Å². The third-order valence-electron chi connectivity index (χ3n) is 3.70. The van der Waals surface area contributed by atoms with Gasteiger partial charge < -0.3 is 19.7 Å². The number of carbonyl (C=O) groups is 1. The van der Waals surface area contributed by atoms with E-state index in [2.05, 4.69) is 5.32 Å². The standard InChI is InChI=1S/C15H20F3N3O3/c1-23-12-4-3-11(9-13(12)24-2)19-14(22)21-7-5-20(6-8-21)10-15(16,17)18/h3-4,9H,5-8,10H2,1-2H3,(H,19,22). The Morgan fingerprint density at radius 1 is 1.12 bits per heavy atom. The van der Waals surface area contributed by atoms with Crippen LogP contribution in [0.4, 0.5) is 23.7 Å². The van der Waals surface area contributed by atoms with E-state index in [-0.39, 0.29) is 32.2 Å². The fraction of sp³-hybridized carbons (Fsp3) is 0.533. The summed E-state index contributed by atoms with van der Waals surface area (Å²) in [7, 11) is 3.00. The van der Waals surface area contributed by atoms with Gasteiger partial charge in [-0.2, -0.15) is 13.2 Å². The van der Waals surface area contributed by atoms with E-state index in [0.29, 0.717) is 17.2 Å². The number of rotatable bonds is 4. The van der Waals surface area contributed by atoms with Gasteiger partial charge in [0.15, 0.2) is 11.5 Å². The highest BCUT2D eigenvalue weighted by Gasteiger charge is 2.32. The van der Waals surface area contributed by atoms with Crippen LogP contribution in [0.3, 0.4) is 0 Å². The minimum atomic E-state index is -4.22. The molecule has 0 bridgehead atoms. The Hall–Kier alpha value is -2.16. The largest absolute Gasteiger partial charge is 0.493 e. The Balaban J connectivity index is 1.90. The van der Waals surface area contributed by atoms with Gasteiger partial charge in [0.1, 0.15) is 0 Å². The quantitative estimate of drug-likeness (QED) is 0.909. The van der Waals surface area contributed by atoms with E-state index in [1.807, 2.05) is 0 Å². The lowest BCUT2D eigenvalue weighted by atomic mass is 10.2. The number of anilines is 1. The van der Waals surface area contributed by atoms with E-state index >= 15 is 0 Å². The molecular formula is C15H20F3N3O3. The van der Waals surface area contributed by atoms with Crippen LogP contribution >= 0.6 is 0 Å². The molecule has 0 unspecified atom stereocenters. The van der Waals surface area contributed by atoms with Crippen LogP contribution in [0.25, 0.3) is 0 Å². The van der Waals surface area contributed by atoms with Crippen molar-refractivity contribution in [1.29, 1.82) is 0 Å². The van der Waals surface area contributed by atoms with E-state index in [0.717, 1.165) is 0 Å². The SMILES string of the molecule is COc1ccc(NC(=O)N2CCN(CC(F)(F)F)CC2)cc1OC. The summed E-state index contributed by atoms with van der Waals surface area (Å²) in [5.41, 5.74) is 0.523. The van der Waals surface area contributed by atoms with Crippen molar-refractivity contribution in [2.45, 2.75) is 6.18 Å². The zero-order valence-corrected chi connectivity index (χ0v) is 13.5. The first kappa shape index (κ1) is 18.2. The van der Waals surface area contributed by atoms with Gasteiger partial charge in [0, 0.05) is 37.9 Å². The van der Waals surface area contributed by atoms with Gasteiger partial charge in [-0.1, -0.05) is 0 Å². The van der Waals surface area contributed by atoms with Crippen molar-refractivity contribution in [3.05, 3.63) is 18.2 Å². The third kappa shape index (κ3) is 4.92. The van der Waals surface area contributed by atoms with Crippen molar-refractivity contribution < 1.29 is 27.4 Å². The molecule has 0 saturated carbocycles. The summed E-state index contributed by atoms with van der Waals surface area (Å²) in [5, 5.41) is 2.71. The van der Waals surface area contributed by atoms with Gasteiger partial charge in [-0.3, -0.25) is 4.90 Å². The van der Waals surface area contributed by atoms with Crippen LogP contribution in [0.5, 0.6) is 11.5 Å². The van der Waals surface area contributed by atoms with Gasteiger partial charge in [0.2, 0.25) is 0 Å². The fourth-order valence-electron chi connectivity index (χ4n) is 2.48. The second-order valence-electron chi connectivity index (χ2n) is 5.38. The van der Waals surface area contributed by atoms with Crippen LogP contribution in [-0.2, 0) is 0 Å². The maximum absolute atomic E-state index is 12.4. The van der Waals surface area contributed by atoms with E-state index in [1.54, 1.807) is 18.2 Å². The van der Waals surface area contributed by atoms with Crippen LogP contribution in [0.2, 0.25) is 0 Å². The first-order chi connectivity index (χ1) is 11.3. The van der Waals surface area contributed by atoms with Gasteiger partial charge in [-0.25, -0.2) is 4.79 Å². The van der Waals surface area contributed by atoms with E-state index in [9.17, 15) is 18.0 Å². The van der Waals surface area contributed by atoms with Crippen LogP contribution in [0, 0.1) is 0 Å². The minimum Gasteiger partial charge on any atom is -0.493 e. The van der Waals surface area contributed by atoms with Gasteiger partial charge in [0.05, 0.1) is 20.8 Å². The third-order valence-corrected chi connectivity index (χ3v) is 3.70. The first-order valence-corrected chi connectivity index (χ1v) is 7.39. The van der Waals surface area contributed by atoms with Gasteiger partial charge in [0.25, 0.3) is 0 Å². The number of halogens is 3. The molecule has 1 fully saturated rings. The summed E-state index contributed by atoms with van der Waals surface area (Å²) in [6, 6.07) is 4.60. The summed E-state index contributed by atoms with van der Waals surface area (Å²) < 4.78 is 47.4. The number of carbonyl (C=O) groups excluding carboxylic acids is 1. The lowest BCUT2D eigenvalue weighted by Gasteiger charge is -2.34. The highest BCUT2D eigenvalue weighted by atomic mass is 19.4. The number of piperazine rings is 1. The Kier molecular flexibility index (Phi) is 5.76. The highest BCUT2D eigenvalue weighted by molar-refractivity contribution is 5.89. The first-order valence-electron chi connectivity index (χ1n) is 7.39. The van der Waals surface area contributed by atoms with Crippen molar-refractivity contribution >= 4 is 11.7 Å². The second kappa shape index (κ2) is 7.61. The Labute approximate surface area is 138 Å². The van der Waals surface area contributed by atoms with Gasteiger partial charge >= 0.3 is 12.2 Å². The molecule has 0 spiro atoms. The molecule has 2 amide bonds. The molecule has 0 atom stereocenters. The zero-order chi connectivity index (χ0) is 17.7. The fourth-order valence-corrected chi connectivity index (χ4v) is 2.48. The normalized spacial score (nSPS) is 16.0. The van der Waals surface area contributed by atoms with Crippen LogP contribution < -0.4 is 14.8 Å². The Morgan fingerprint density at radius 2 is 1.75 bits per heavy atom. The molecule has 0 aliphatic carbocycles. The predicted octanol–water partition coefficient (Wildman–Crippen LogP) is 2.42. The van der Waals surface area contributed by atoms with Gasteiger partial charge in [-0.15, -0.1) is 0 Å². The number of alkyl halides is 3. The van der Waals surface area contributed by atoms with Crippen molar-refractivity contribution in [3.8, 4) is 11.5 Å². The average molecular weight is 347 g/mol. The maximum Gasteiger partial charge on any atom is 0.401 e. The van der Waals surface area contributed by atoms with Crippen LogP contribution in [0.15, 0.2) is 18.2 Å². The van der Waals surface area contributed by atoms with Crippen molar-refractivity contribution in [3.63, 3.8) is 0 Å². The molecule has 6 nitrogen and oxygen atoms in total. The van der Waals surface area contributed by atoms with Crippen molar-refractivity contribution in [1.82, 2.24) is 9.80 Å². The number of hydrogen-bond donors (Lipinski definition) is 1. The summed E-state index contributed by atoms with van der Waals surface area (Å²) in [6.07, 6.45) is -4.22. The molecule has 1 saturated heterocycles. The summed E-state index contributed by atoms with van der Waals surface area (Å²) in [5.74, 6) is 1.02. The molecule has 1 aliphatic rings. The summed E-state index contributed by atoms with van der Waals surface area (Å²) in [4.78, 5) is 15.0. The molecule has 0 aromatic heterocycles. The van der Waals surface area contributed by atoms with Crippen molar-refractivity contribution in [2.24, 2.45) is 0 Å². The maximum atomic E-state index is 12.4. The number of nitrogens with zero attached hydrogens (tertiary/aromatic N) is 2. The number of amides is 2. The Morgan fingerprint density at radius 3 is 2.29 bits per heavy atom. The molecule has 24 heavy (non-hydrogen) atoms. The molecular weight excluding hydrogens is 327 g/mol. The number of urea groups is 1. The number of nitrogens with one attached hydrogen (secondary N) is 1. The molecule has 1 aromatic rings. The number of benzene rings is 1. The average Bonchev–Trinajstić information content (AvgIpc) is 2.53. The lowest BCUT2D eigenvalue weighted by molar-refractivity contribution is -0.148. The summed E-state index contributed by atoms with van der Waals surface area (Å²) in [6.45, 7) is -0.0692. The van der Waals surface area contributed by atoms with Crippen LogP contribution in [0.1, 0.15) is 0 Å². The molecule has 134 valence electrons. The minimum absolute atomic E-state index is 0.193. The highest BCUT2D eigenvalue weighted by Crippen LogP contribution is 2.29. The van der Waals surface area contributed by atoms with Crippen LogP contribution in [-0.4, -0.2) is 69.0 Å². The smallest absolute Gasteiger partial charge is 0.401 e.